The van der Waals surface area contributed by atoms with E-state index in [1.54, 1.807) is 0 Å². The molecule has 0 aromatic carbocycles. The molecule has 2 unspecified atom stereocenters. The van der Waals surface area contributed by atoms with E-state index in [9.17, 15) is 0 Å². The molecule has 16 heavy (non-hydrogen) atoms. The molecule has 0 saturated heterocycles. The van der Waals surface area contributed by atoms with E-state index >= 15 is 0 Å². The van der Waals surface area contributed by atoms with E-state index in [1.807, 2.05) is 18.3 Å². The topological polar surface area (TPSA) is 42.2 Å². The first-order chi connectivity index (χ1) is 7.81. The highest BCUT2D eigenvalue weighted by atomic mass is 15.2. The molecule has 0 aliphatic heterocycles. The number of pyridine rings is 1. The summed E-state index contributed by atoms with van der Waals surface area (Å²) in [4.78, 5) is 6.84. The summed E-state index contributed by atoms with van der Waals surface area (Å²) in [7, 11) is 0. The van der Waals surface area contributed by atoms with Gasteiger partial charge in [-0.1, -0.05) is 19.4 Å². The highest BCUT2D eigenvalue weighted by molar-refractivity contribution is 5.04. The van der Waals surface area contributed by atoms with Gasteiger partial charge in [0.2, 0.25) is 0 Å². The third-order valence-corrected chi connectivity index (χ3v) is 3.50. The van der Waals surface area contributed by atoms with Crippen LogP contribution in [-0.4, -0.2) is 28.5 Å². The number of hydrogen-bond donors (Lipinski definition) is 1. The van der Waals surface area contributed by atoms with Crippen molar-refractivity contribution < 1.29 is 0 Å². The normalized spacial score (nSPS) is 25.2. The fourth-order valence-electron chi connectivity index (χ4n) is 2.59. The van der Waals surface area contributed by atoms with Crippen molar-refractivity contribution in [3.63, 3.8) is 0 Å². The molecule has 88 valence electrons. The summed E-state index contributed by atoms with van der Waals surface area (Å²) in [6, 6.07) is 6.99. The predicted octanol–water partition coefficient (Wildman–Crippen LogP) is 1.78. The Labute approximate surface area is 97.7 Å². The summed E-state index contributed by atoms with van der Waals surface area (Å²) >= 11 is 0. The van der Waals surface area contributed by atoms with Crippen LogP contribution in [0.2, 0.25) is 0 Å². The van der Waals surface area contributed by atoms with Crippen molar-refractivity contribution in [2.45, 2.75) is 44.8 Å². The second-order valence-corrected chi connectivity index (χ2v) is 4.55. The van der Waals surface area contributed by atoms with Gasteiger partial charge in [-0.25, -0.2) is 0 Å². The quantitative estimate of drug-likeness (QED) is 0.839. The van der Waals surface area contributed by atoms with Gasteiger partial charge in [-0.05, 0) is 31.5 Å². The number of likely N-dealkylation sites (N-methyl/N-ethyl adjacent to an activating group) is 1. The zero-order chi connectivity index (χ0) is 11.4. The van der Waals surface area contributed by atoms with Crippen LogP contribution in [0.5, 0.6) is 0 Å². The van der Waals surface area contributed by atoms with Crippen LogP contribution < -0.4 is 5.73 Å². The maximum atomic E-state index is 6.15. The van der Waals surface area contributed by atoms with Gasteiger partial charge in [0.15, 0.2) is 0 Å². The van der Waals surface area contributed by atoms with Gasteiger partial charge in [0, 0.05) is 24.8 Å². The van der Waals surface area contributed by atoms with Gasteiger partial charge in [0.1, 0.15) is 0 Å². The molecule has 3 nitrogen and oxygen atoms in total. The van der Waals surface area contributed by atoms with Crippen molar-refractivity contribution in [2.24, 2.45) is 5.73 Å². The molecule has 0 amide bonds. The molecule has 2 atom stereocenters. The van der Waals surface area contributed by atoms with Gasteiger partial charge in [-0.2, -0.15) is 0 Å². The lowest BCUT2D eigenvalue weighted by Crippen LogP contribution is -2.43. The van der Waals surface area contributed by atoms with E-state index in [4.69, 9.17) is 5.73 Å². The summed E-state index contributed by atoms with van der Waals surface area (Å²) in [5.74, 6) is 0. The van der Waals surface area contributed by atoms with Gasteiger partial charge < -0.3 is 5.73 Å². The molecule has 1 aliphatic carbocycles. The number of nitrogens with two attached hydrogens (primary N) is 1. The zero-order valence-electron chi connectivity index (χ0n) is 9.97. The van der Waals surface area contributed by atoms with Gasteiger partial charge in [0.05, 0.1) is 5.69 Å². The van der Waals surface area contributed by atoms with Crippen molar-refractivity contribution in [3.8, 4) is 0 Å². The third kappa shape index (κ3) is 2.60. The molecule has 3 heteroatoms. The van der Waals surface area contributed by atoms with Crippen LogP contribution in [0, 0.1) is 0 Å². The van der Waals surface area contributed by atoms with Crippen LogP contribution in [0.4, 0.5) is 0 Å². The molecule has 1 aromatic rings. The average molecular weight is 219 g/mol. The molecule has 1 fully saturated rings. The second kappa shape index (κ2) is 5.41. The van der Waals surface area contributed by atoms with E-state index in [2.05, 4.69) is 22.9 Å². The summed E-state index contributed by atoms with van der Waals surface area (Å²) in [5.41, 5.74) is 7.29. The number of nitrogens with zero attached hydrogens (tertiary/aromatic N) is 2. The van der Waals surface area contributed by atoms with Crippen molar-refractivity contribution in [1.29, 1.82) is 0 Å². The largest absolute Gasteiger partial charge is 0.326 e. The Morgan fingerprint density at radius 2 is 2.31 bits per heavy atom. The first-order valence-electron chi connectivity index (χ1n) is 6.20. The molecular formula is C13H21N3. The molecule has 2 rings (SSSR count). The molecular weight excluding hydrogens is 198 g/mol. The monoisotopic (exact) mass is 219 g/mol. The molecule has 1 saturated carbocycles. The smallest absolute Gasteiger partial charge is 0.0544 e. The predicted molar refractivity (Wildman–Crippen MR) is 65.9 cm³/mol. The Kier molecular flexibility index (Phi) is 3.91. The maximum Gasteiger partial charge on any atom is 0.0544 e. The highest BCUT2D eigenvalue weighted by Crippen LogP contribution is 2.23. The lowest BCUT2D eigenvalue weighted by Gasteiger charge is -2.30. The molecule has 0 spiro atoms. The second-order valence-electron chi connectivity index (χ2n) is 4.55. The minimum atomic E-state index is 0.351. The summed E-state index contributed by atoms with van der Waals surface area (Å²) in [5, 5.41) is 0. The van der Waals surface area contributed by atoms with E-state index in [0.717, 1.165) is 18.8 Å². The number of hydrogen-bond acceptors (Lipinski definition) is 3. The van der Waals surface area contributed by atoms with Gasteiger partial charge >= 0.3 is 0 Å². The summed E-state index contributed by atoms with van der Waals surface area (Å²) < 4.78 is 0. The standard InChI is InChI=1S/C13H21N3/c1-2-16(13-8-5-7-12(13)14)10-11-6-3-4-9-15-11/h3-4,6,9,12-13H,2,5,7-8,10,14H2,1H3. The van der Waals surface area contributed by atoms with Crippen molar-refractivity contribution in [2.75, 3.05) is 6.54 Å². The highest BCUT2D eigenvalue weighted by Gasteiger charge is 2.28. The molecule has 1 heterocycles. The van der Waals surface area contributed by atoms with E-state index in [1.165, 1.54) is 19.3 Å². The summed E-state index contributed by atoms with van der Waals surface area (Å²) in [6.07, 6.45) is 5.54. The molecule has 1 aliphatic rings. The fraction of sp³-hybridized carbons (Fsp3) is 0.615. The zero-order valence-corrected chi connectivity index (χ0v) is 9.97. The van der Waals surface area contributed by atoms with E-state index in [0.29, 0.717) is 12.1 Å². The Hall–Kier alpha value is -0.930. The van der Waals surface area contributed by atoms with Crippen LogP contribution in [0.1, 0.15) is 31.9 Å². The van der Waals surface area contributed by atoms with Crippen LogP contribution in [-0.2, 0) is 6.54 Å². The summed E-state index contributed by atoms with van der Waals surface area (Å²) in [6.45, 7) is 4.18. The van der Waals surface area contributed by atoms with E-state index in [-0.39, 0.29) is 0 Å². The maximum absolute atomic E-state index is 6.15. The van der Waals surface area contributed by atoms with Crippen LogP contribution in [0.3, 0.4) is 0 Å². The first-order valence-corrected chi connectivity index (χ1v) is 6.20. The Morgan fingerprint density at radius 3 is 2.88 bits per heavy atom. The average Bonchev–Trinajstić information content (AvgIpc) is 2.74. The Morgan fingerprint density at radius 1 is 1.44 bits per heavy atom. The number of rotatable bonds is 4. The van der Waals surface area contributed by atoms with Crippen LogP contribution in [0.15, 0.2) is 24.4 Å². The molecule has 0 radical (unpaired) electrons. The number of aromatic nitrogens is 1. The fourth-order valence-corrected chi connectivity index (χ4v) is 2.59. The van der Waals surface area contributed by atoms with Crippen LogP contribution >= 0.6 is 0 Å². The van der Waals surface area contributed by atoms with Gasteiger partial charge in [-0.15, -0.1) is 0 Å². The minimum Gasteiger partial charge on any atom is -0.326 e. The third-order valence-electron chi connectivity index (χ3n) is 3.50. The van der Waals surface area contributed by atoms with Gasteiger partial charge in [0.25, 0.3) is 0 Å². The van der Waals surface area contributed by atoms with E-state index < -0.39 is 0 Å². The molecule has 1 aromatic heterocycles. The minimum absolute atomic E-state index is 0.351. The van der Waals surface area contributed by atoms with Crippen molar-refractivity contribution in [3.05, 3.63) is 30.1 Å². The molecule has 0 bridgehead atoms. The van der Waals surface area contributed by atoms with Crippen molar-refractivity contribution >= 4 is 0 Å². The first kappa shape index (κ1) is 11.6. The Bertz CT molecular complexity index is 312. The lowest BCUT2D eigenvalue weighted by molar-refractivity contribution is 0.184. The van der Waals surface area contributed by atoms with Crippen LogP contribution in [0.25, 0.3) is 0 Å². The van der Waals surface area contributed by atoms with Crippen molar-refractivity contribution in [1.82, 2.24) is 9.88 Å². The SMILES string of the molecule is CCN(Cc1ccccn1)C1CCCC1N. The Balaban J connectivity index is 2.00. The lowest BCUT2D eigenvalue weighted by atomic mass is 10.1. The van der Waals surface area contributed by atoms with Gasteiger partial charge in [-0.3, -0.25) is 9.88 Å². The molecule has 2 N–H and O–H groups in total.